The van der Waals surface area contributed by atoms with E-state index in [4.69, 9.17) is 9.84 Å². The van der Waals surface area contributed by atoms with Crippen LogP contribution in [0, 0.1) is 0 Å². The van der Waals surface area contributed by atoms with Crippen molar-refractivity contribution < 1.29 is 40.0 Å². The Bertz CT molecular complexity index is 510. The maximum Gasteiger partial charge on any atom is 0.327 e. The van der Waals surface area contributed by atoms with Gasteiger partial charge in [-0.1, -0.05) is 0 Å². The highest BCUT2D eigenvalue weighted by molar-refractivity contribution is 5.99. The van der Waals surface area contributed by atoms with Gasteiger partial charge in [0.05, 0.1) is 6.61 Å². The van der Waals surface area contributed by atoms with E-state index in [1.54, 1.807) is 0 Å². The largest absolute Gasteiger partial charge is 0.394 e. The molecule has 2 heterocycles. The molecule has 2 fully saturated rings. The fraction of sp³-hybridized carbons (Fsp3) is 0.846. The first-order valence-electron chi connectivity index (χ1n) is 7.41. The van der Waals surface area contributed by atoms with Crippen molar-refractivity contribution in [2.24, 2.45) is 0 Å². The highest BCUT2D eigenvalue weighted by Gasteiger charge is 2.55. The molecule has 2 aliphatic rings. The molecule has 11 heteroatoms. The molecule has 3 amide bonds. The molecular formula is C13H22N3O8. The molecule has 0 bridgehead atoms. The van der Waals surface area contributed by atoms with E-state index in [1.165, 1.54) is 20.8 Å². The molecule has 0 aromatic heterocycles. The topological polar surface area (TPSA) is 163 Å². The van der Waals surface area contributed by atoms with E-state index in [0.717, 1.165) is 0 Å². The highest BCUT2D eigenvalue weighted by Crippen LogP contribution is 2.31. The minimum atomic E-state index is -1.89. The summed E-state index contributed by atoms with van der Waals surface area (Å²) in [5.41, 5.74) is -1.08. The lowest BCUT2D eigenvalue weighted by molar-refractivity contribution is -0.296. The van der Waals surface area contributed by atoms with Gasteiger partial charge < -0.3 is 25.2 Å². The molecule has 5 N–H and O–H groups in total. The van der Waals surface area contributed by atoms with E-state index in [1.807, 2.05) is 5.32 Å². The number of nitrogens with zero attached hydrogens (tertiary/aromatic N) is 2. The summed E-state index contributed by atoms with van der Waals surface area (Å²) in [6, 6.07) is -1.06. The zero-order chi connectivity index (χ0) is 18.4. The second-order valence-corrected chi connectivity index (χ2v) is 6.79. The zero-order valence-electron chi connectivity index (χ0n) is 13.5. The van der Waals surface area contributed by atoms with Crippen molar-refractivity contribution in [1.82, 2.24) is 15.3 Å². The van der Waals surface area contributed by atoms with Gasteiger partial charge in [0.1, 0.15) is 18.3 Å². The molecule has 11 nitrogen and oxygen atoms in total. The number of hydrogen-bond acceptors (Lipinski definition) is 8. The number of amides is 3. The van der Waals surface area contributed by atoms with Crippen LogP contribution in [0.15, 0.2) is 0 Å². The van der Waals surface area contributed by atoms with Gasteiger partial charge in [-0.2, -0.15) is 0 Å². The third kappa shape index (κ3) is 3.11. The van der Waals surface area contributed by atoms with Crippen molar-refractivity contribution in [3.63, 3.8) is 0 Å². The van der Waals surface area contributed by atoms with Gasteiger partial charge in [0, 0.05) is 5.54 Å². The van der Waals surface area contributed by atoms with Crippen molar-refractivity contribution in [2.45, 2.75) is 63.1 Å². The summed E-state index contributed by atoms with van der Waals surface area (Å²) in [6.45, 7) is 3.91. The number of rotatable bonds is 3. The summed E-state index contributed by atoms with van der Waals surface area (Å²) >= 11 is 0. The molecule has 2 unspecified atom stereocenters. The number of aliphatic hydroxyl groups is 4. The predicted octanol–water partition coefficient (Wildman–Crippen LogP) is -2.89. The van der Waals surface area contributed by atoms with Crippen molar-refractivity contribution in [3.8, 4) is 0 Å². The van der Waals surface area contributed by atoms with Gasteiger partial charge in [-0.25, -0.2) is 4.79 Å². The van der Waals surface area contributed by atoms with Crippen LogP contribution < -0.4 is 5.32 Å². The summed E-state index contributed by atoms with van der Waals surface area (Å²) in [4.78, 5) is 24.6. The van der Waals surface area contributed by atoms with E-state index in [-0.39, 0.29) is 0 Å². The average Bonchev–Trinajstić information content (AvgIpc) is 2.76. The third-order valence-corrected chi connectivity index (χ3v) is 3.99. The smallest absolute Gasteiger partial charge is 0.327 e. The van der Waals surface area contributed by atoms with Crippen molar-refractivity contribution in [2.75, 3.05) is 6.61 Å². The second kappa shape index (κ2) is 6.52. The molecule has 137 valence electrons. The SMILES string of the molecule is CC(C)(C)N([O])C1C(O)C(=O)NC(=O)N1[C@@H]1O[C@H](CO)[C@@H](O)[C@H]1O. The molecular weight excluding hydrogens is 326 g/mol. The molecule has 2 rings (SSSR count). The molecule has 6 atom stereocenters. The summed E-state index contributed by atoms with van der Waals surface area (Å²) in [5.74, 6) is -1.06. The lowest BCUT2D eigenvalue weighted by atomic mass is 10.0. The summed E-state index contributed by atoms with van der Waals surface area (Å²) in [5, 5.41) is 53.9. The molecule has 0 aromatic carbocycles. The Morgan fingerprint density at radius 1 is 1.21 bits per heavy atom. The van der Waals surface area contributed by atoms with Crippen molar-refractivity contribution in [1.29, 1.82) is 0 Å². The maximum absolute atomic E-state index is 12.6. The van der Waals surface area contributed by atoms with Gasteiger partial charge >= 0.3 is 6.03 Å². The first kappa shape index (κ1) is 19.0. The van der Waals surface area contributed by atoms with Gasteiger partial charge in [-0.15, -0.1) is 10.3 Å². The Hall–Kier alpha value is -1.34. The monoisotopic (exact) mass is 348 g/mol. The lowest BCUT2D eigenvalue weighted by Gasteiger charge is -2.46. The quantitative estimate of drug-likeness (QED) is 0.339. The first-order valence-corrected chi connectivity index (χ1v) is 7.41. The number of hydrogen-bond donors (Lipinski definition) is 5. The Morgan fingerprint density at radius 2 is 1.79 bits per heavy atom. The fourth-order valence-electron chi connectivity index (χ4n) is 2.67. The van der Waals surface area contributed by atoms with Gasteiger partial charge in [0.2, 0.25) is 0 Å². The van der Waals surface area contributed by atoms with Gasteiger partial charge in [-0.05, 0) is 20.8 Å². The van der Waals surface area contributed by atoms with Crippen molar-refractivity contribution >= 4 is 11.9 Å². The number of carbonyl (C=O) groups is 2. The van der Waals surface area contributed by atoms with E-state index in [9.17, 15) is 30.1 Å². The number of ether oxygens (including phenoxy) is 1. The normalized spacial score (nSPS) is 38.0. The minimum absolute atomic E-state index is 0.350. The van der Waals surface area contributed by atoms with Gasteiger partial charge in [0.25, 0.3) is 5.91 Å². The number of hydroxylamine groups is 2. The molecule has 0 aromatic rings. The van der Waals surface area contributed by atoms with E-state index < -0.39 is 60.9 Å². The van der Waals surface area contributed by atoms with Gasteiger partial charge in [0.15, 0.2) is 18.5 Å². The molecule has 2 aliphatic heterocycles. The van der Waals surface area contributed by atoms with Crippen LogP contribution in [-0.2, 0) is 14.7 Å². The van der Waals surface area contributed by atoms with Crippen molar-refractivity contribution in [3.05, 3.63) is 0 Å². The molecule has 24 heavy (non-hydrogen) atoms. The number of nitrogens with one attached hydrogen (secondary N) is 1. The third-order valence-electron chi connectivity index (χ3n) is 3.99. The van der Waals surface area contributed by atoms with E-state index in [0.29, 0.717) is 9.96 Å². The standard InChI is InChI=1S/C13H22N3O8/c1-13(2,3)16(23)10-8(20)9(21)14-12(22)15(10)11-7(19)6(18)5(4-17)24-11/h5-8,10-11,17-20H,4H2,1-3H3,(H,14,21,22)/t5-,6-,7-,8?,10?,11-/m1/s1. The Labute approximate surface area is 138 Å². The van der Waals surface area contributed by atoms with Crippen LogP contribution in [0.2, 0.25) is 0 Å². The summed E-state index contributed by atoms with van der Waals surface area (Å²) < 4.78 is 5.25. The number of imide groups is 1. The van der Waals surface area contributed by atoms with E-state index in [2.05, 4.69) is 0 Å². The highest BCUT2D eigenvalue weighted by atomic mass is 16.6. The summed E-state index contributed by atoms with van der Waals surface area (Å²) in [7, 11) is 0. The molecule has 0 spiro atoms. The van der Waals surface area contributed by atoms with Crippen LogP contribution in [0.3, 0.4) is 0 Å². The van der Waals surface area contributed by atoms with Crippen LogP contribution in [-0.4, -0.2) is 91.3 Å². The second-order valence-electron chi connectivity index (χ2n) is 6.79. The Kier molecular flexibility index (Phi) is 5.16. The number of carbonyl (C=O) groups excluding carboxylic acids is 2. The summed E-state index contributed by atoms with van der Waals surface area (Å²) in [6.07, 6.45) is -9.40. The fourth-order valence-corrected chi connectivity index (χ4v) is 2.67. The maximum atomic E-state index is 12.6. The Balaban J connectivity index is 2.40. The minimum Gasteiger partial charge on any atom is -0.394 e. The average molecular weight is 348 g/mol. The molecule has 0 saturated carbocycles. The molecule has 1 radical (unpaired) electrons. The van der Waals surface area contributed by atoms with E-state index >= 15 is 0 Å². The Morgan fingerprint density at radius 3 is 2.25 bits per heavy atom. The number of urea groups is 1. The molecule has 2 saturated heterocycles. The first-order chi connectivity index (χ1) is 11.0. The van der Waals surface area contributed by atoms with Crippen LogP contribution >= 0.6 is 0 Å². The lowest BCUT2D eigenvalue weighted by Crippen LogP contribution is -2.72. The zero-order valence-corrected chi connectivity index (χ0v) is 13.5. The predicted molar refractivity (Wildman–Crippen MR) is 75.2 cm³/mol. The molecule has 0 aliphatic carbocycles. The van der Waals surface area contributed by atoms with Crippen LogP contribution in [0.4, 0.5) is 4.79 Å². The number of aliphatic hydroxyl groups excluding tert-OH is 4. The van der Waals surface area contributed by atoms with Gasteiger partial charge in [-0.3, -0.25) is 15.0 Å². The van der Waals surface area contributed by atoms with Crippen LogP contribution in [0.5, 0.6) is 0 Å². The van der Waals surface area contributed by atoms with Crippen LogP contribution in [0.1, 0.15) is 20.8 Å². The van der Waals surface area contributed by atoms with Crippen LogP contribution in [0.25, 0.3) is 0 Å².